The lowest BCUT2D eigenvalue weighted by atomic mass is 9.35. The number of hydrogen-bond donors (Lipinski definition) is 0. The summed E-state index contributed by atoms with van der Waals surface area (Å²) in [4.78, 5) is 2.39. The molecule has 0 fully saturated rings. The molecule has 63 heavy (non-hydrogen) atoms. The summed E-state index contributed by atoms with van der Waals surface area (Å²) in [7, 11) is 0. The van der Waals surface area contributed by atoms with Gasteiger partial charge in [-0.25, -0.2) is 0 Å². The summed E-state index contributed by atoms with van der Waals surface area (Å²) >= 11 is 0. The van der Waals surface area contributed by atoms with E-state index in [1.54, 1.807) is 0 Å². The third kappa shape index (κ3) is 5.94. The van der Waals surface area contributed by atoms with Gasteiger partial charge in [-0.1, -0.05) is 235 Å². The Morgan fingerprint density at radius 3 is 1.56 bits per heavy atom. The highest BCUT2D eigenvalue weighted by Gasteiger charge is 2.45. The van der Waals surface area contributed by atoms with Gasteiger partial charge in [-0.2, -0.15) is 0 Å². The van der Waals surface area contributed by atoms with Crippen molar-refractivity contribution in [3.8, 4) is 11.1 Å². The Labute approximate surface area is 369 Å². The van der Waals surface area contributed by atoms with Crippen LogP contribution in [0, 0.1) is 0 Å². The summed E-state index contributed by atoms with van der Waals surface area (Å²) in [5.41, 5.74) is 14.1. The first-order chi connectivity index (χ1) is 31.3. The van der Waals surface area contributed by atoms with Crippen LogP contribution in [0.5, 0.6) is 0 Å². The Kier molecular flexibility index (Phi) is 8.90. The van der Waals surface area contributed by atoms with Crippen molar-refractivity contribution in [2.24, 2.45) is 0 Å². The fourth-order valence-corrected chi connectivity index (χ4v) is 10.8. The molecule has 11 aromatic rings. The number of nitrogens with zero attached hydrogens (tertiary/aromatic N) is 1. The average Bonchev–Trinajstić information content (AvgIpc) is 3.36. The molecule has 0 aliphatic heterocycles. The van der Waals surface area contributed by atoms with Crippen LogP contribution in [0.2, 0.25) is 0 Å². The molecule has 0 N–H and O–H groups in total. The Morgan fingerprint density at radius 1 is 0.317 bits per heavy atom. The molecule has 0 amide bonds. The van der Waals surface area contributed by atoms with Gasteiger partial charge in [-0.15, -0.1) is 0 Å². The van der Waals surface area contributed by atoms with Crippen molar-refractivity contribution in [2.45, 2.75) is 5.41 Å². The number of para-hydroxylation sites is 2. The zero-order chi connectivity index (χ0) is 41.7. The molecule has 0 saturated heterocycles. The summed E-state index contributed by atoms with van der Waals surface area (Å²) in [6.07, 6.45) is 0. The molecular formula is C61H42BN. The molecule has 0 heterocycles. The molecule has 294 valence electrons. The van der Waals surface area contributed by atoms with Crippen LogP contribution in [0.1, 0.15) is 22.3 Å². The van der Waals surface area contributed by atoms with Crippen LogP contribution < -0.4 is 21.3 Å². The Bertz CT molecular complexity index is 3370. The molecule has 0 unspecified atom stereocenters. The van der Waals surface area contributed by atoms with E-state index in [0.29, 0.717) is 0 Å². The fraction of sp³-hybridized carbons (Fsp3) is 0.0164. The van der Waals surface area contributed by atoms with Gasteiger partial charge >= 0.3 is 0 Å². The van der Waals surface area contributed by atoms with Crippen molar-refractivity contribution in [1.82, 2.24) is 0 Å². The molecule has 11 aromatic carbocycles. The molecule has 1 nitrogen and oxygen atoms in total. The molecule has 0 saturated carbocycles. The second-order valence-electron chi connectivity index (χ2n) is 16.8. The number of benzene rings is 11. The van der Waals surface area contributed by atoms with Crippen LogP contribution >= 0.6 is 0 Å². The highest BCUT2D eigenvalue weighted by atomic mass is 15.1. The highest BCUT2D eigenvalue weighted by molar-refractivity contribution is 6.98. The van der Waals surface area contributed by atoms with Gasteiger partial charge < -0.3 is 4.90 Å². The van der Waals surface area contributed by atoms with Gasteiger partial charge in [0.2, 0.25) is 6.71 Å². The normalized spacial score (nSPS) is 12.6. The van der Waals surface area contributed by atoms with Crippen LogP contribution in [0.4, 0.5) is 17.1 Å². The highest BCUT2D eigenvalue weighted by Crippen LogP contribution is 2.56. The van der Waals surface area contributed by atoms with E-state index in [1.807, 2.05) is 0 Å². The van der Waals surface area contributed by atoms with E-state index in [2.05, 4.69) is 260 Å². The van der Waals surface area contributed by atoms with Gasteiger partial charge in [0.1, 0.15) is 0 Å². The molecule has 0 bridgehead atoms. The van der Waals surface area contributed by atoms with Gasteiger partial charge in [0, 0.05) is 17.1 Å². The maximum atomic E-state index is 2.47. The lowest BCUT2D eigenvalue weighted by Gasteiger charge is -2.43. The van der Waals surface area contributed by atoms with Gasteiger partial charge in [-0.3, -0.25) is 0 Å². The Balaban J connectivity index is 1.19. The molecule has 12 rings (SSSR count). The van der Waals surface area contributed by atoms with Crippen molar-refractivity contribution in [3.05, 3.63) is 277 Å². The summed E-state index contributed by atoms with van der Waals surface area (Å²) in [5.74, 6) is 0. The predicted molar refractivity (Wildman–Crippen MR) is 268 cm³/mol. The monoisotopic (exact) mass is 799 g/mol. The first-order valence-electron chi connectivity index (χ1n) is 22.0. The third-order valence-electron chi connectivity index (χ3n) is 13.4. The van der Waals surface area contributed by atoms with Crippen LogP contribution in [0.25, 0.3) is 43.4 Å². The molecule has 0 radical (unpaired) electrons. The zero-order valence-electron chi connectivity index (χ0n) is 34.8. The van der Waals surface area contributed by atoms with E-state index in [0.717, 1.165) is 17.1 Å². The minimum absolute atomic E-state index is 0.0260. The van der Waals surface area contributed by atoms with Crippen LogP contribution in [-0.2, 0) is 5.41 Å². The van der Waals surface area contributed by atoms with Crippen molar-refractivity contribution in [1.29, 1.82) is 0 Å². The smallest absolute Gasteiger partial charge is 0.242 e. The molecule has 0 aromatic heterocycles. The number of fused-ring (bicyclic) bond motifs is 4. The fourth-order valence-electron chi connectivity index (χ4n) is 10.8. The number of rotatable bonds is 8. The van der Waals surface area contributed by atoms with E-state index in [1.165, 1.54) is 82.1 Å². The van der Waals surface area contributed by atoms with E-state index >= 15 is 0 Å². The third-order valence-corrected chi connectivity index (χ3v) is 13.4. The summed E-state index contributed by atoms with van der Waals surface area (Å²) in [5, 5.41) is 7.61. The first-order valence-corrected chi connectivity index (χ1v) is 22.0. The Hall–Kier alpha value is -7.94. The van der Waals surface area contributed by atoms with Crippen LogP contribution in [0.15, 0.2) is 255 Å². The van der Waals surface area contributed by atoms with Crippen molar-refractivity contribution >= 4 is 72.5 Å². The standard InChI is InChI=1S/C61H42BN/c1-5-23-46(24-6-1)61(47-25-7-2-8-26-47)56-33-18-32-55-59(62(48-36-35-43-19-13-14-21-45(43)41-48)58-34-17-22-44-20-15-16-31-52(44)58)40-39-54(60(55)56)53-38-37-51(42-57(53)61)63(49-27-9-3-10-28-49)50-29-11-4-12-30-50/h1-42H. The largest absolute Gasteiger partial charge is 0.310 e. The van der Waals surface area contributed by atoms with Crippen molar-refractivity contribution in [2.75, 3.05) is 4.90 Å². The van der Waals surface area contributed by atoms with Gasteiger partial charge in [0.05, 0.1) is 5.41 Å². The number of anilines is 3. The molecule has 0 spiro atoms. The second-order valence-corrected chi connectivity index (χ2v) is 16.8. The molecular weight excluding hydrogens is 757 g/mol. The maximum absolute atomic E-state index is 2.47. The lowest BCUT2D eigenvalue weighted by Crippen LogP contribution is -2.52. The van der Waals surface area contributed by atoms with E-state index in [9.17, 15) is 0 Å². The predicted octanol–water partition coefficient (Wildman–Crippen LogP) is 13.5. The SMILES string of the molecule is c1ccc(N(c2ccccc2)c2ccc3c(c2)C(c2ccccc2)(c2ccccc2)c2cccc4c(B(c5ccc6ccccc6c5)c5cccc6ccccc56)ccc-3c24)cc1. The molecule has 2 heteroatoms. The summed E-state index contributed by atoms with van der Waals surface area (Å²) in [6.45, 7) is -0.0260. The molecule has 0 atom stereocenters. The number of hydrogen-bond acceptors (Lipinski definition) is 1. The minimum atomic E-state index is -0.643. The van der Waals surface area contributed by atoms with Crippen LogP contribution in [0.3, 0.4) is 0 Å². The Morgan fingerprint density at radius 2 is 0.857 bits per heavy atom. The molecule has 1 aliphatic carbocycles. The summed E-state index contributed by atoms with van der Waals surface area (Å²) < 4.78 is 0. The van der Waals surface area contributed by atoms with E-state index in [-0.39, 0.29) is 6.71 Å². The van der Waals surface area contributed by atoms with Gasteiger partial charge in [0.25, 0.3) is 0 Å². The molecule has 1 aliphatic rings. The summed E-state index contributed by atoms with van der Waals surface area (Å²) in [6, 6.07) is 94.5. The van der Waals surface area contributed by atoms with Crippen molar-refractivity contribution in [3.63, 3.8) is 0 Å². The van der Waals surface area contributed by atoms with E-state index < -0.39 is 5.41 Å². The topological polar surface area (TPSA) is 3.24 Å². The minimum Gasteiger partial charge on any atom is -0.310 e. The average molecular weight is 800 g/mol. The quantitative estimate of drug-likeness (QED) is 0.138. The van der Waals surface area contributed by atoms with Crippen molar-refractivity contribution < 1.29 is 0 Å². The van der Waals surface area contributed by atoms with Crippen LogP contribution in [-0.4, -0.2) is 6.71 Å². The first kappa shape index (κ1) is 36.9. The zero-order valence-corrected chi connectivity index (χ0v) is 34.8. The van der Waals surface area contributed by atoms with E-state index in [4.69, 9.17) is 0 Å². The lowest BCUT2D eigenvalue weighted by molar-refractivity contribution is 0.750. The second kappa shape index (κ2) is 15.2. The maximum Gasteiger partial charge on any atom is 0.242 e. The van der Waals surface area contributed by atoms with Gasteiger partial charge in [-0.05, 0) is 102 Å². The van der Waals surface area contributed by atoms with Gasteiger partial charge in [0.15, 0.2) is 0 Å².